The molecule has 166 valence electrons. The number of hydrogen-bond acceptors (Lipinski definition) is 3. The number of hydrogen-bond donors (Lipinski definition) is 1. The van der Waals surface area contributed by atoms with E-state index in [0.717, 1.165) is 41.8 Å². The maximum absolute atomic E-state index is 14.0. The Morgan fingerprint density at radius 1 is 1.00 bits per heavy atom. The lowest BCUT2D eigenvalue weighted by Gasteiger charge is -2.34. The smallest absolute Gasteiger partial charge is 0.256 e. The molecular weight excluding hydrogens is 414 g/mol. The monoisotopic (exact) mass is 438 g/mol. The lowest BCUT2D eigenvalue weighted by Crippen LogP contribution is -2.44. The molecule has 2 aromatic carbocycles. The molecule has 2 aliphatic heterocycles. The Hall–Kier alpha value is -3.29. The molecule has 2 fully saturated rings. The number of carbonyl (C=O) groups excluding carboxylic acids is 2. The number of likely N-dealkylation sites (tertiary alicyclic amines) is 2. The number of para-hydroxylation sites is 2. The first-order valence-electron chi connectivity index (χ1n) is 11.0. The zero-order valence-corrected chi connectivity index (χ0v) is 17.6. The highest BCUT2D eigenvalue weighted by atomic mass is 19.1. The van der Waals surface area contributed by atoms with Crippen LogP contribution >= 0.6 is 0 Å². The Bertz CT molecular complexity index is 1140. The van der Waals surface area contributed by atoms with Crippen LogP contribution in [0.5, 0.6) is 0 Å². The first kappa shape index (κ1) is 20.6. The van der Waals surface area contributed by atoms with Crippen LogP contribution in [0.25, 0.3) is 11.0 Å². The van der Waals surface area contributed by atoms with E-state index in [0.29, 0.717) is 32.5 Å². The first-order chi connectivity index (χ1) is 15.5. The topological polar surface area (TPSA) is 69.3 Å². The van der Waals surface area contributed by atoms with Crippen molar-refractivity contribution in [3.8, 4) is 0 Å². The number of imidazole rings is 1. The Morgan fingerprint density at radius 3 is 2.53 bits per heavy atom. The number of nitrogens with zero attached hydrogens (tertiary/aromatic N) is 3. The van der Waals surface area contributed by atoms with Crippen LogP contribution < -0.4 is 0 Å². The summed E-state index contributed by atoms with van der Waals surface area (Å²) >= 11 is 0. The number of piperidine rings is 1. The molecule has 1 aromatic heterocycles. The Balaban J connectivity index is 1.25. The van der Waals surface area contributed by atoms with E-state index < -0.39 is 17.5 Å². The number of rotatable bonds is 3. The predicted molar refractivity (Wildman–Crippen MR) is 115 cm³/mol. The van der Waals surface area contributed by atoms with Crippen molar-refractivity contribution in [3.05, 3.63) is 65.5 Å². The molecule has 0 saturated carbocycles. The van der Waals surface area contributed by atoms with Crippen LogP contribution in [0, 0.1) is 17.6 Å². The van der Waals surface area contributed by atoms with Gasteiger partial charge >= 0.3 is 0 Å². The van der Waals surface area contributed by atoms with Crippen molar-refractivity contribution in [2.75, 3.05) is 19.6 Å². The third-order valence-corrected chi connectivity index (χ3v) is 6.55. The van der Waals surface area contributed by atoms with E-state index >= 15 is 0 Å². The fraction of sp³-hybridized carbons (Fsp3) is 0.375. The van der Waals surface area contributed by atoms with Crippen molar-refractivity contribution in [1.82, 2.24) is 19.8 Å². The molecule has 2 saturated heterocycles. The number of carbonyl (C=O) groups is 2. The van der Waals surface area contributed by atoms with E-state index in [2.05, 4.69) is 4.98 Å². The molecule has 32 heavy (non-hydrogen) atoms. The molecule has 2 aliphatic rings. The van der Waals surface area contributed by atoms with Crippen LogP contribution in [0.2, 0.25) is 0 Å². The molecule has 5 rings (SSSR count). The number of fused-ring (bicyclic) bond motifs is 1. The SMILES string of the molecule is O=C(c1ccc(F)cc1F)N1CCC(C(=O)N2CCCC2c2nc3ccccc3[nH]2)CC1. The summed E-state index contributed by atoms with van der Waals surface area (Å²) in [4.78, 5) is 37.5. The molecule has 1 N–H and O–H groups in total. The largest absolute Gasteiger partial charge is 0.340 e. The quantitative estimate of drug-likeness (QED) is 0.671. The van der Waals surface area contributed by atoms with Crippen LogP contribution in [0.3, 0.4) is 0 Å². The minimum atomic E-state index is -0.862. The number of amides is 2. The number of aromatic amines is 1. The second-order valence-electron chi connectivity index (χ2n) is 8.52. The van der Waals surface area contributed by atoms with Crippen molar-refractivity contribution in [2.24, 2.45) is 5.92 Å². The summed E-state index contributed by atoms with van der Waals surface area (Å²) in [5.41, 5.74) is 1.71. The highest BCUT2D eigenvalue weighted by Crippen LogP contribution is 2.34. The lowest BCUT2D eigenvalue weighted by atomic mass is 9.94. The number of aromatic nitrogens is 2. The molecule has 2 amide bonds. The van der Waals surface area contributed by atoms with Crippen LogP contribution in [-0.2, 0) is 4.79 Å². The van der Waals surface area contributed by atoms with Gasteiger partial charge in [0.1, 0.15) is 17.5 Å². The molecule has 1 atom stereocenters. The van der Waals surface area contributed by atoms with Crippen LogP contribution in [0.1, 0.15) is 47.9 Å². The Morgan fingerprint density at radius 2 is 1.78 bits per heavy atom. The first-order valence-corrected chi connectivity index (χ1v) is 11.0. The second-order valence-corrected chi connectivity index (χ2v) is 8.52. The van der Waals surface area contributed by atoms with Gasteiger partial charge in [-0.15, -0.1) is 0 Å². The van der Waals surface area contributed by atoms with Crippen molar-refractivity contribution in [2.45, 2.75) is 31.7 Å². The summed E-state index contributed by atoms with van der Waals surface area (Å²) in [6.07, 6.45) is 2.84. The molecule has 0 radical (unpaired) electrons. The second kappa shape index (κ2) is 8.33. The van der Waals surface area contributed by atoms with Gasteiger partial charge in [-0.05, 0) is 49.9 Å². The van der Waals surface area contributed by atoms with Gasteiger partial charge in [-0.3, -0.25) is 9.59 Å². The standard InChI is InChI=1S/C24H24F2N4O2/c25-16-7-8-17(18(26)14-16)24(32)29-12-9-15(10-13-29)23(31)30-11-3-6-21(30)22-27-19-4-1-2-5-20(19)28-22/h1-2,4-5,7-8,14-15,21H,3,6,9-13H2,(H,27,28). The van der Waals surface area contributed by atoms with Crippen molar-refractivity contribution in [1.29, 1.82) is 0 Å². The highest BCUT2D eigenvalue weighted by molar-refractivity contribution is 5.94. The van der Waals surface area contributed by atoms with Crippen molar-refractivity contribution < 1.29 is 18.4 Å². The van der Waals surface area contributed by atoms with Gasteiger partial charge < -0.3 is 14.8 Å². The van der Waals surface area contributed by atoms with Gasteiger partial charge in [0.2, 0.25) is 5.91 Å². The van der Waals surface area contributed by atoms with E-state index in [1.54, 1.807) is 4.90 Å². The normalized spacial score (nSPS) is 19.6. The molecule has 0 aliphatic carbocycles. The highest BCUT2D eigenvalue weighted by Gasteiger charge is 2.37. The average molecular weight is 438 g/mol. The average Bonchev–Trinajstić information content (AvgIpc) is 3.45. The predicted octanol–water partition coefficient (Wildman–Crippen LogP) is 4.06. The molecule has 8 heteroatoms. The zero-order valence-electron chi connectivity index (χ0n) is 17.6. The van der Waals surface area contributed by atoms with Gasteiger partial charge in [0.15, 0.2) is 0 Å². The minimum Gasteiger partial charge on any atom is -0.340 e. The third kappa shape index (κ3) is 3.74. The summed E-state index contributed by atoms with van der Waals surface area (Å²) in [6.45, 7) is 1.44. The number of benzene rings is 2. The molecule has 6 nitrogen and oxygen atoms in total. The maximum atomic E-state index is 14.0. The Kier molecular flexibility index (Phi) is 5.36. The number of halogens is 2. The fourth-order valence-corrected chi connectivity index (χ4v) is 4.84. The maximum Gasteiger partial charge on any atom is 0.256 e. The van der Waals surface area contributed by atoms with Gasteiger partial charge in [0, 0.05) is 31.6 Å². The number of nitrogens with one attached hydrogen (secondary N) is 1. The van der Waals surface area contributed by atoms with E-state index in [1.165, 1.54) is 6.07 Å². The van der Waals surface area contributed by atoms with Crippen molar-refractivity contribution in [3.63, 3.8) is 0 Å². The third-order valence-electron chi connectivity index (χ3n) is 6.55. The Labute approximate surface area is 184 Å². The van der Waals surface area contributed by atoms with Crippen LogP contribution in [0.15, 0.2) is 42.5 Å². The summed E-state index contributed by atoms with van der Waals surface area (Å²) in [7, 11) is 0. The zero-order chi connectivity index (χ0) is 22.2. The molecule has 0 bridgehead atoms. The summed E-state index contributed by atoms with van der Waals surface area (Å²) < 4.78 is 27.1. The number of H-pyrrole nitrogens is 1. The van der Waals surface area contributed by atoms with Crippen LogP contribution in [-0.4, -0.2) is 51.2 Å². The van der Waals surface area contributed by atoms with E-state index in [4.69, 9.17) is 4.98 Å². The van der Waals surface area contributed by atoms with E-state index in [9.17, 15) is 18.4 Å². The molecule has 1 unspecified atom stereocenters. The fourth-order valence-electron chi connectivity index (χ4n) is 4.84. The van der Waals surface area contributed by atoms with Gasteiger partial charge in [0.25, 0.3) is 5.91 Å². The lowest BCUT2D eigenvalue weighted by molar-refractivity contribution is -0.138. The van der Waals surface area contributed by atoms with E-state index in [1.807, 2.05) is 29.2 Å². The molecule has 3 aromatic rings. The van der Waals surface area contributed by atoms with Gasteiger partial charge in [-0.1, -0.05) is 12.1 Å². The van der Waals surface area contributed by atoms with Gasteiger partial charge in [-0.25, -0.2) is 13.8 Å². The molecule has 3 heterocycles. The van der Waals surface area contributed by atoms with Gasteiger partial charge in [-0.2, -0.15) is 0 Å². The molecule has 0 spiro atoms. The van der Waals surface area contributed by atoms with Crippen molar-refractivity contribution >= 4 is 22.8 Å². The van der Waals surface area contributed by atoms with Crippen LogP contribution in [0.4, 0.5) is 8.78 Å². The van der Waals surface area contributed by atoms with E-state index in [-0.39, 0.29) is 23.4 Å². The summed E-state index contributed by atoms with van der Waals surface area (Å²) in [5, 5.41) is 0. The minimum absolute atomic E-state index is 0.0668. The summed E-state index contributed by atoms with van der Waals surface area (Å²) in [6, 6.07) is 10.7. The molecular formula is C24H24F2N4O2. The van der Waals surface area contributed by atoms with Gasteiger partial charge in [0.05, 0.1) is 22.6 Å². The summed E-state index contributed by atoms with van der Waals surface area (Å²) in [5.74, 6) is -1.31.